The van der Waals surface area contributed by atoms with E-state index in [-0.39, 0.29) is 0 Å². The molecule has 2 aromatic heterocycles. The van der Waals surface area contributed by atoms with Crippen molar-refractivity contribution < 1.29 is 0 Å². The van der Waals surface area contributed by atoms with Crippen molar-refractivity contribution in [2.75, 3.05) is 26.2 Å². The number of thiazole rings is 1. The fourth-order valence-corrected chi connectivity index (χ4v) is 4.21. The molecule has 0 spiro atoms. The van der Waals surface area contributed by atoms with Crippen molar-refractivity contribution in [1.82, 2.24) is 25.0 Å². The normalized spacial score (nSPS) is 17.9. The average Bonchev–Trinajstić information content (AvgIpc) is 3.34. The molecule has 26 heavy (non-hydrogen) atoms. The van der Waals surface area contributed by atoms with Gasteiger partial charge < -0.3 is 10.2 Å². The van der Waals surface area contributed by atoms with Gasteiger partial charge in [0.15, 0.2) is 5.96 Å². The van der Waals surface area contributed by atoms with Crippen LogP contribution in [0, 0.1) is 6.92 Å². The quantitative estimate of drug-likeness (QED) is 0.460. The summed E-state index contributed by atoms with van der Waals surface area (Å²) in [6.07, 6.45) is 8.62. The average molecular weight is 375 g/mol. The van der Waals surface area contributed by atoms with Gasteiger partial charge in [-0.1, -0.05) is 0 Å². The minimum atomic E-state index is 0.556. The third kappa shape index (κ3) is 5.06. The zero-order valence-corrected chi connectivity index (χ0v) is 16.9. The van der Waals surface area contributed by atoms with E-state index in [0.29, 0.717) is 5.92 Å². The predicted molar refractivity (Wildman–Crippen MR) is 108 cm³/mol. The van der Waals surface area contributed by atoms with E-state index < -0.39 is 0 Å². The Kier molecular flexibility index (Phi) is 6.66. The van der Waals surface area contributed by atoms with E-state index in [1.54, 1.807) is 11.3 Å². The van der Waals surface area contributed by atoms with Gasteiger partial charge in [0, 0.05) is 56.4 Å². The number of nitrogens with zero attached hydrogens (tertiary/aromatic N) is 5. The topological polar surface area (TPSA) is 58.3 Å². The molecular weight excluding hydrogens is 344 g/mol. The van der Waals surface area contributed by atoms with Crippen molar-refractivity contribution in [3.05, 3.63) is 34.0 Å². The molecule has 142 valence electrons. The van der Waals surface area contributed by atoms with Gasteiger partial charge in [-0.15, -0.1) is 11.3 Å². The van der Waals surface area contributed by atoms with Crippen LogP contribution in [0.1, 0.15) is 48.4 Å². The highest BCUT2D eigenvalue weighted by molar-refractivity contribution is 7.09. The van der Waals surface area contributed by atoms with Gasteiger partial charge in [0.25, 0.3) is 0 Å². The molecule has 3 rings (SSSR count). The molecule has 1 atom stereocenters. The second-order valence-corrected chi connectivity index (χ2v) is 7.90. The first kappa shape index (κ1) is 18.9. The van der Waals surface area contributed by atoms with E-state index in [1.165, 1.54) is 17.0 Å². The van der Waals surface area contributed by atoms with Gasteiger partial charge >= 0.3 is 0 Å². The van der Waals surface area contributed by atoms with Crippen molar-refractivity contribution in [3.8, 4) is 0 Å². The van der Waals surface area contributed by atoms with Crippen molar-refractivity contribution in [2.45, 2.75) is 45.4 Å². The van der Waals surface area contributed by atoms with Crippen LogP contribution in [0.5, 0.6) is 0 Å². The first-order chi connectivity index (χ1) is 12.7. The van der Waals surface area contributed by atoms with Gasteiger partial charge in [0.2, 0.25) is 0 Å². The Labute approximate surface area is 160 Å². The standard InChI is InChI=1S/C19H30N6S/c1-4-20-19(21-9-6-5-7-18-23-15(2)14-26-18)25-10-8-16(13-25)17-11-22-24(3)12-17/h11-12,14,16H,4-10,13H2,1-3H3,(H,20,21). The SMILES string of the molecule is CCNC(=NCCCCc1nc(C)cs1)N1CCC(c2cnn(C)c2)C1. The highest BCUT2D eigenvalue weighted by Crippen LogP contribution is 2.26. The molecule has 1 aliphatic heterocycles. The van der Waals surface area contributed by atoms with E-state index in [2.05, 4.69) is 45.7 Å². The summed E-state index contributed by atoms with van der Waals surface area (Å²) in [7, 11) is 1.98. The van der Waals surface area contributed by atoms with Crippen molar-refractivity contribution in [3.63, 3.8) is 0 Å². The minimum Gasteiger partial charge on any atom is -0.357 e. The van der Waals surface area contributed by atoms with Crippen LogP contribution in [0.4, 0.5) is 0 Å². The number of aromatic nitrogens is 3. The highest BCUT2D eigenvalue weighted by Gasteiger charge is 2.26. The summed E-state index contributed by atoms with van der Waals surface area (Å²) >= 11 is 1.77. The smallest absolute Gasteiger partial charge is 0.193 e. The lowest BCUT2D eigenvalue weighted by molar-refractivity contribution is 0.485. The highest BCUT2D eigenvalue weighted by atomic mass is 32.1. The maximum absolute atomic E-state index is 4.86. The molecule has 0 amide bonds. The lowest BCUT2D eigenvalue weighted by atomic mass is 10.0. The molecule has 1 fully saturated rings. The third-order valence-electron chi connectivity index (χ3n) is 4.75. The van der Waals surface area contributed by atoms with Crippen molar-refractivity contribution >= 4 is 17.3 Å². The van der Waals surface area contributed by atoms with E-state index >= 15 is 0 Å². The number of unbranched alkanes of at least 4 members (excludes halogenated alkanes) is 1. The summed E-state index contributed by atoms with van der Waals surface area (Å²) in [5, 5.41) is 11.1. The number of aliphatic imine (C=N–C) groups is 1. The second kappa shape index (κ2) is 9.16. The fourth-order valence-electron chi connectivity index (χ4n) is 3.39. The van der Waals surface area contributed by atoms with Gasteiger partial charge in [-0.05, 0) is 45.1 Å². The van der Waals surface area contributed by atoms with E-state index in [9.17, 15) is 0 Å². The number of nitrogens with one attached hydrogen (secondary N) is 1. The maximum atomic E-state index is 4.86. The third-order valence-corrected chi connectivity index (χ3v) is 5.77. The molecule has 0 radical (unpaired) electrons. The van der Waals surface area contributed by atoms with E-state index in [4.69, 9.17) is 4.99 Å². The Hall–Kier alpha value is -1.89. The fraction of sp³-hybridized carbons (Fsp3) is 0.632. The molecule has 7 heteroatoms. The molecule has 0 aliphatic carbocycles. The van der Waals surface area contributed by atoms with Crippen LogP contribution >= 0.6 is 11.3 Å². The largest absolute Gasteiger partial charge is 0.357 e. The number of likely N-dealkylation sites (tertiary alicyclic amines) is 1. The molecule has 0 aromatic carbocycles. The van der Waals surface area contributed by atoms with Crippen LogP contribution in [0.15, 0.2) is 22.8 Å². The van der Waals surface area contributed by atoms with Crippen LogP contribution in [0.2, 0.25) is 0 Å². The summed E-state index contributed by atoms with van der Waals surface area (Å²) in [5.41, 5.74) is 2.47. The Bertz CT molecular complexity index is 719. The van der Waals surface area contributed by atoms with Crippen molar-refractivity contribution in [1.29, 1.82) is 0 Å². The summed E-state index contributed by atoms with van der Waals surface area (Å²) in [6, 6.07) is 0. The summed E-state index contributed by atoms with van der Waals surface area (Å²) in [6.45, 7) is 8.06. The van der Waals surface area contributed by atoms with Gasteiger partial charge in [-0.2, -0.15) is 5.10 Å². The van der Waals surface area contributed by atoms with Crippen molar-refractivity contribution in [2.24, 2.45) is 12.0 Å². The lowest BCUT2D eigenvalue weighted by Gasteiger charge is -2.21. The van der Waals surface area contributed by atoms with Gasteiger partial charge in [-0.3, -0.25) is 9.67 Å². The molecule has 6 nitrogen and oxygen atoms in total. The monoisotopic (exact) mass is 374 g/mol. The van der Waals surface area contributed by atoms with Crippen LogP contribution in [0.25, 0.3) is 0 Å². The molecule has 1 aliphatic rings. The number of hydrogen-bond acceptors (Lipinski definition) is 4. The zero-order chi connectivity index (χ0) is 18.4. The van der Waals surface area contributed by atoms with E-state index in [0.717, 1.165) is 57.1 Å². The molecule has 1 unspecified atom stereocenters. The molecule has 1 saturated heterocycles. The molecular formula is C19H30N6S. The zero-order valence-electron chi connectivity index (χ0n) is 16.1. The summed E-state index contributed by atoms with van der Waals surface area (Å²) in [5.74, 6) is 1.62. The van der Waals surface area contributed by atoms with Crippen LogP contribution in [-0.4, -0.2) is 51.8 Å². The number of hydrogen-bond donors (Lipinski definition) is 1. The Morgan fingerprint density at radius 2 is 2.31 bits per heavy atom. The Morgan fingerprint density at radius 3 is 3.00 bits per heavy atom. The van der Waals surface area contributed by atoms with Gasteiger partial charge in [0.1, 0.15) is 0 Å². The summed E-state index contributed by atoms with van der Waals surface area (Å²) < 4.78 is 1.89. The number of rotatable bonds is 7. The van der Waals surface area contributed by atoms with Crippen LogP contribution in [-0.2, 0) is 13.5 Å². The number of guanidine groups is 1. The molecule has 0 bridgehead atoms. The van der Waals surface area contributed by atoms with Gasteiger partial charge in [0.05, 0.1) is 11.2 Å². The molecule has 3 heterocycles. The molecule has 0 saturated carbocycles. The minimum absolute atomic E-state index is 0.556. The van der Waals surface area contributed by atoms with Gasteiger partial charge in [-0.25, -0.2) is 4.98 Å². The first-order valence-corrected chi connectivity index (χ1v) is 10.5. The Balaban J connectivity index is 1.47. The molecule has 2 aromatic rings. The Morgan fingerprint density at radius 1 is 1.42 bits per heavy atom. The molecule has 1 N–H and O–H groups in total. The summed E-state index contributed by atoms with van der Waals surface area (Å²) in [4.78, 5) is 11.8. The van der Waals surface area contributed by atoms with E-state index in [1.807, 2.05) is 17.9 Å². The van der Waals surface area contributed by atoms with Crippen LogP contribution < -0.4 is 5.32 Å². The predicted octanol–water partition coefficient (Wildman–Crippen LogP) is 2.96. The maximum Gasteiger partial charge on any atom is 0.193 e. The lowest BCUT2D eigenvalue weighted by Crippen LogP contribution is -2.40. The number of aryl methyl sites for hydroxylation is 3. The second-order valence-electron chi connectivity index (χ2n) is 6.95. The van der Waals surface area contributed by atoms with Crippen LogP contribution in [0.3, 0.4) is 0 Å². The first-order valence-electron chi connectivity index (χ1n) is 9.58.